The number of hydrogen-bond acceptors (Lipinski definition) is 16. The largest absolute Gasteiger partial charge is 0.480 e. The fourth-order valence-corrected chi connectivity index (χ4v) is 11.6. The Labute approximate surface area is 534 Å². The number of alkyl carbamates (subject to hydrolysis) is 1. The molecular formula is C66H85N11O15. The van der Waals surface area contributed by atoms with E-state index in [1.807, 2.05) is 97.3 Å². The van der Waals surface area contributed by atoms with Gasteiger partial charge in [-0.15, -0.1) is 0 Å². The van der Waals surface area contributed by atoms with Crippen LogP contribution in [0.15, 0.2) is 120 Å². The number of ether oxygens (including phenoxy) is 5. The Morgan fingerprint density at radius 1 is 0.739 bits per heavy atom. The first-order valence-electron chi connectivity index (χ1n) is 31.3. The van der Waals surface area contributed by atoms with Gasteiger partial charge in [0.2, 0.25) is 29.5 Å². The molecule has 3 saturated heterocycles. The zero-order chi connectivity index (χ0) is 65.6. The summed E-state index contributed by atoms with van der Waals surface area (Å²) in [5.74, 6) is -4.22. The highest BCUT2D eigenvalue weighted by Gasteiger charge is 2.46. The van der Waals surface area contributed by atoms with Crippen molar-refractivity contribution in [1.82, 2.24) is 40.6 Å². The molecule has 3 aromatic carbocycles. The van der Waals surface area contributed by atoms with Crippen molar-refractivity contribution >= 4 is 69.8 Å². The number of carboxylic acid groups (broad SMARTS) is 1. The van der Waals surface area contributed by atoms with Crippen LogP contribution >= 0.6 is 0 Å². The van der Waals surface area contributed by atoms with Crippen molar-refractivity contribution in [3.8, 4) is 0 Å². The number of piperidine rings is 1. The molecule has 0 aliphatic carbocycles. The van der Waals surface area contributed by atoms with E-state index in [1.165, 1.54) is 28.1 Å². The van der Waals surface area contributed by atoms with Crippen LogP contribution in [-0.4, -0.2) is 194 Å². The van der Waals surface area contributed by atoms with Crippen molar-refractivity contribution in [2.24, 2.45) is 11.7 Å². The maximum absolute atomic E-state index is 14.7. The number of primary amides is 1. The van der Waals surface area contributed by atoms with Crippen LogP contribution in [0.25, 0.3) is 10.8 Å². The third kappa shape index (κ3) is 20.0. The van der Waals surface area contributed by atoms with Crippen molar-refractivity contribution in [3.63, 3.8) is 0 Å². The molecule has 2 aromatic heterocycles. The second kappa shape index (κ2) is 33.9. The van der Waals surface area contributed by atoms with E-state index < -0.39 is 95.6 Å². The summed E-state index contributed by atoms with van der Waals surface area (Å²) in [5.41, 5.74) is 7.00. The van der Waals surface area contributed by atoms with E-state index in [9.17, 15) is 48.3 Å². The molecule has 0 bridgehead atoms. The molecule has 8 amide bonds. The van der Waals surface area contributed by atoms with Gasteiger partial charge < -0.3 is 80.0 Å². The lowest BCUT2D eigenvalue weighted by atomic mass is 9.95. The summed E-state index contributed by atoms with van der Waals surface area (Å²) in [7, 11) is 0. The number of hydrogen-bond donors (Lipinski definition) is 6. The van der Waals surface area contributed by atoms with E-state index in [0.29, 0.717) is 31.5 Å². The molecule has 3 fully saturated rings. The first-order valence-corrected chi connectivity index (χ1v) is 31.3. The molecule has 0 spiro atoms. The Hall–Kier alpha value is -8.98. The van der Waals surface area contributed by atoms with Crippen LogP contribution in [0, 0.1) is 5.92 Å². The number of urea groups is 1. The fraction of sp³-hybridized carbons (Fsp3) is 0.485. The second-order valence-corrected chi connectivity index (χ2v) is 23.8. The number of carboxylic acids is 1. The number of carbonyl (C=O) groups excluding carboxylic acids is 7. The van der Waals surface area contributed by atoms with E-state index in [0.717, 1.165) is 45.1 Å². The number of aromatic nitrogens is 2. The van der Waals surface area contributed by atoms with Gasteiger partial charge in [-0.3, -0.25) is 38.5 Å². The third-order valence-corrected chi connectivity index (χ3v) is 16.0. The van der Waals surface area contributed by atoms with E-state index in [1.54, 1.807) is 25.7 Å². The minimum atomic E-state index is -1.32. The molecule has 5 aromatic rings. The molecule has 7 N–H and O–H groups in total. The molecule has 92 heavy (non-hydrogen) atoms. The summed E-state index contributed by atoms with van der Waals surface area (Å²) in [6, 6.07) is 24.1. The number of nitrogens with two attached hydrogens (primary N) is 1. The van der Waals surface area contributed by atoms with Crippen LogP contribution in [0.4, 0.5) is 21.0 Å². The number of rotatable bonds is 30. The second-order valence-electron chi connectivity index (χ2n) is 23.8. The molecule has 0 saturated carbocycles. The van der Waals surface area contributed by atoms with Crippen LogP contribution in [0.5, 0.6) is 0 Å². The van der Waals surface area contributed by atoms with Crippen LogP contribution < -0.4 is 42.4 Å². The maximum atomic E-state index is 14.7. The van der Waals surface area contributed by atoms with Gasteiger partial charge in [0.05, 0.1) is 88.9 Å². The highest BCUT2D eigenvalue weighted by molar-refractivity contribution is 5.98. The molecule has 3 aliphatic heterocycles. The lowest BCUT2D eigenvalue weighted by molar-refractivity contribution is -0.144. The monoisotopic (exact) mass is 1270 g/mol. The van der Waals surface area contributed by atoms with Gasteiger partial charge in [-0.25, -0.2) is 9.59 Å². The van der Waals surface area contributed by atoms with Crippen LogP contribution in [0.2, 0.25) is 0 Å². The molecule has 0 radical (unpaired) electrons. The van der Waals surface area contributed by atoms with Gasteiger partial charge in [0, 0.05) is 74.4 Å². The lowest BCUT2D eigenvalue weighted by Crippen LogP contribution is -2.62. The number of anilines is 2. The Bertz CT molecular complexity index is 3320. The number of aliphatic carboxylic acids is 1. The maximum Gasteiger partial charge on any atom is 0.408 e. The predicted molar refractivity (Wildman–Crippen MR) is 340 cm³/mol. The summed E-state index contributed by atoms with van der Waals surface area (Å²) in [6.45, 7) is 7.52. The summed E-state index contributed by atoms with van der Waals surface area (Å²) in [4.78, 5) is 132. The number of fused-ring (bicyclic) bond motifs is 2. The predicted octanol–water partition coefficient (Wildman–Crippen LogP) is 4.12. The lowest BCUT2D eigenvalue weighted by Gasteiger charge is -2.39. The van der Waals surface area contributed by atoms with Crippen molar-refractivity contribution in [3.05, 3.63) is 137 Å². The molecule has 5 heterocycles. The quantitative estimate of drug-likeness (QED) is 0.0352. The normalized spacial score (nSPS) is 17.9. The first kappa shape index (κ1) is 68.9. The Kier molecular flexibility index (Phi) is 25.4. The standard InChI is InChI=1S/C66H85N11O15/c1-66(2,3)92-65(87)71-53-43-74(29-26-49-20-23-54(77(49)63(53)85)61(83)70-52(22-24-56(67)78)60(82)72-59(45-13-6-4-7-14-45)46-15-8-5-9-16-46)64(86)69-27-31-88-33-35-90-37-38-91-36-34-89-32-30-76(50-21-25-57(79)75(42-50)44-58(80)81)62(84)48-18-12-28-73(41-48)55-40-68-39-47-17-10-11-19-51(47)55/h4-11,13-17,19,21,25,39-40,42,48-49,52-54,59H,12,18,20,22-24,26-38,41,43-44H2,1-3H3,(H2,67,78)(H,69,86)(H,70,83)(H,71,87)(H,72,82)(H,80,81)/t48-,49+,52-,53-,54-/m0/s1. The fourth-order valence-electron chi connectivity index (χ4n) is 11.6. The van der Waals surface area contributed by atoms with Gasteiger partial charge >= 0.3 is 18.1 Å². The molecule has 494 valence electrons. The van der Waals surface area contributed by atoms with Gasteiger partial charge in [0.15, 0.2) is 0 Å². The van der Waals surface area contributed by atoms with E-state index in [4.69, 9.17) is 29.4 Å². The molecule has 26 heteroatoms. The Morgan fingerprint density at radius 3 is 2.05 bits per heavy atom. The molecule has 8 rings (SSSR count). The van der Waals surface area contributed by atoms with Gasteiger partial charge in [-0.05, 0) is 76.5 Å². The van der Waals surface area contributed by atoms with Gasteiger partial charge in [-0.1, -0.05) is 84.9 Å². The molecule has 3 aliphatic rings. The molecule has 26 nitrogen and oxygen atoms in total. The van der Waals surface area contributed by atoms with Gasteiger partial charge in [0.25, 0.3) is 5.56 Å². The Morgan fingerprint density at radius 2 is 1.39 bits per heavy atom. The van der Waals surface area contributed by atoms with Gasteiger partial charge in [-0.2, -0.15) is 0 Å². The van der Waals surface area contributed by atoms with Crippen molar-refractivity contribution < 1.29 is 67.1 Å². The average Bonchev–Trinajstić information content (AvgIpc) is 1.35. The van der Waals surface area contributed by atoms with Crippen LogP contribution in [0.1, 0.15) is 82.9 Å². The molecular weight excluding hydrogens is 1190 g/mol. The summed E-state index contributed by atoms with van der Waals surface area (Å²) < 4.78 is 29.5. The van der Waals surface area contributed by atoms with Crippen LogP contribution in [0.3, 0.4) is 0 Å². The van der Waals surface area contributed by atoms with E-state index in [-0.39, 0.29) is 104 Å². The van der Waals surface area contributed by atoms with Gasteiger partial charge in [0.1, 0.15) is 30.3 Å². The van der Waals surface area contributed by atoms with Crippen molar-refractivity contribution in [2.45, 2.75) is 108 Å². The number of benzene rings is 3. The van der Waals surface area contributed by atoms with Crippen LogP contribution in [-0.2, 0) is 59.0 Å². The average molecular weight is 1270 g/mol. The molecule has 0 unspecified atom stereocenters. The van der Waals surface area contributed by atoms with Crippen molar-refractivity contribution in [2.75, 3.05) is 102 Å². The summed E-state index contributed by atoms with van der Waals surface area (Å²) >= 11 is 0. The Balaban J connectivity index is 0.759. The third-order valence-electron chi connectivity index (χ3n) is 16.0. The number of amides is 8. The van der Waals surface area contributed by atoms with E-state index >= 15 is 0 Å². The highest BCUT2D eigenvalue weighted by Crippen LogP contribution is 2.33. The minimum Gasteiger partial charge on any atom is -0.480 e. The summed E-state index contributed by atoms with van der Waals surface area (Å²) in [5, 5.41) is 22.8. The number of nitrogens with zero attached hydrogens (tertiary/aromatic N) is 6. The smallest absolute Gasteiger partial charge is 0.408 e. The van der Waals surface area contributed by atoms with Crippen molar-refractivity contribution in [1.29, 1.82) is 0 Å². The summed E-state index contributed by atoms with van der Waals surface area (Å²) in [6.07, 6.45) is 6.14. The van der Waals surface area contributed by atoms with E-state index in [2.05, 4.69) is 31.2 Å². The zero-order valence-electron chi connectivity index (χ0n) is 52.4. The highest BCUT2D eigenvalue weighted by atomic mass is 16.6. The zero-order valence-corrected chi connectivity index (χ0v) is 52.4. The molecule has 5 atom stereocenters. The SMILES string of the molecule is CC(C)(C)OC(=O)N[C@H]1CN(C(=O)NCCOCCOCCOCCOCCN(C(=O)[C@H]2CCCN(c3cncc4ccccc34)C2)c2ccc(=O)n(CC(=O)O)c2)CC[C@H]2CC[C@@H](C(=O)N[C@@H](CCC(N)=O)C(=O)NC(c3ccccc3)c3ccccc3)N2C1=O. The topological polar surface area (TPSA) is 325 Å². The number of pyridine rings is 2. The number of carbonyl (C=O) groups is 8. The first-order chi connectivity index (χ1) is 44.3. The number of nitrogens with one attached hydrogen (secondary N) is 4. The minimum absolute atomic E-state index is 0.108.